The van der Waals surface area contributed by atoms with Crippen molar-refractivity contribution in [1.29, 1.82) is 0 Å². The maximum atomic E-state index is 12.8. The Kier molecular flexibility index (Phi) is 5.16. The minimum absolute atomic E-state index is 0.000920. The zero-order valence-corrected chi connectivity index (χ0v) is 18.0. The molecule has 4 heterocycles. The van der Waals surface area contributed by atoms with Crippen LogP contribution < -0.4 is 4.74 Å². The van der Waals surface area contributed by atoms with Crippen LogP contribution in [0.5, 0.6) is 5.75 Å². The van der Waals surface area contributed by atoms with Crippen molar-refractivity contribution < 1.29 is 9.53 Å². The number of carbonyl (C=O) groups excluding carboxylic acids is 1. The van der Waals surface area contributed by atoms with Gasteiger partial charge in [-0.15, -0.1) is 0 Å². The SMILES string of the molecule is COc1ccc2[nH]cc(C3CCN(C(=O)/C=C/c4c(Cl)nc5ccccn45)CC3)c2c1. The van der Waals surface area contributed by atoms with E-state index in [1.165, 1.54) is 10.9 Å². The summed E-state index contributed by atoms with van der Waals surface area (Å²) in [7, 11) is 1.69. The van der Waals surface area contributed by atoms with E-state index in [4.69, 9.17) is 16.3 Å². The van der Waals surface area contributed by atoms with Crippen molar-refractivity contribution in [2.24, 2.45) is 0 Å². The van der Waals surface area contributed by atoms with Crippen LogP contribution in [0.4, 0.5) is 0 Å². The monoisotopic (exact) mass is 434 g/mol. The number of amides is 1. The molecule has 0 bridgehead atoms. The Labute approximate surface area is 185 Å². The molecule has 1 fully saturated rings. The molecule has 0 spiro atoms. The van der Waals surface area contributed by atoms with E-state index in [0.717, 1.165) is 42.8 Å². The van der Waals surface area contributed by atoms with E-state index in [2.05, 4.69) is 22.2 Å². The molecule has 7 heteroatoms. The van der Waals surface area contributed by atoms with Crippen LogP contribution in [-0.4, -0.2) is 45.4 Å². The van der Waals surface area contributed by atoms with Crippen LogP contribution in [0.25, 0.3) is 22.6 Å². The van der Waals surface area contributed by atoms with E-state index in [1.54, 1.807) is 19.3 Å². The van der Waals surface area contributed by atoms with Crippen molar-refractivity contribution in [3.05, 3.63) is 71.3 Å². The molecule has 31 heavy (non-hydrogen) atoms. The fraction of sp³-hybridized carbons (Fsp3) is 0.250. The van der Waals surface area contributed by atoms with Crippen molar-refractivity contribution in [3.63, 3.8) is 0 Å². The number of likely N-dealkylation sites (tertiary alicyclic amines) is 1. The van der Waals surface area contributed by atoms with Gasteiger partial charge in [-0.25, -0.2) is 4.98 Å². The molecular formula is C24H23ClN4O2. The average Bonchev–Trinajstić information content (AvgIpc) is 3.37. The second kappa shape index (κ2) is 8.12. The highest BCUT2D eigenvalue weighted by atomic mass is 35.5. The molecule has 4 aromatic rings. The lowest BCUT2D eigenvalue weighted by molar-refractivity contribution is -0.126. The van der Waals surface area contributed by atoms with Crippen LogP contribution in [-0.2, 0) is 4.79 Å². The Hall–Kier alpha value is -3.25. The number of aromatic nitrogens is 3. The molecule has 3 aromatic heterocycles. The molecule has 0 saturated carbocycles. The van der Waals surface area contributed by atoms with Gasteiger partial charge >= 0.3 is 0 Å². The van der Waals surface area contributed by atoms with Gasteiger partial charge in [0, 0.05) is 42.5 Å². The predicted octanol–water partition coefficient (Wildman–Crippen LogP) is 4.90. The molecule has 0 atom stereocenters. The van der Waals surface area contributed by atoms with Crippen molar-refractivity contribution in [2.75, 3.05) is 20.2 Å². The molecule has 1 N–H and O–H groups in total. The van der Waals surface area contributed by atoms with Crippen molar-refractivity contribution in [3.8, 4) is 5.75 Å². The zero-order valence-electron chi connectivity index (χ0n) is 17.2. The Balaban J connectivity index is 1.28. The first-order valence-electron chi connectivity index (χ1n) is 10.4. The number of piperidine rings is 1. The number of fused-ring (bicyclic) bond motifs is 2. The number of nitrogens with one attached hydrogen (secondary N) is 1. The standard InChI is InChI=1S/C24H23ClN4O2/c1-31-17-5-6-20-18(14-17)19(15-26-20)16-9-12-28(13-10-16)23(30)8-7-21-24(25)27-22-4-2-3-11-29(21)22/h2-8,11,14-16,26H,9-10,12-13H2,1H3/b8-7+. The average molecular weight is 435 g/mol. The number of carbonyl (C=O) groups is 1. The second-order valence-electron chi connectivity index (χ2n) is 7.81. The Bertz CT molecular complexity index is 1280. The third-order valence-corrected chi connectivity index (χ3v) is 6.35. The highest BCUT2D eigenvalue weighted by Crippen LogP contribution is 2.34. The number of rotatable bonds is 4. The van der Waals surface area contributed by atoms with E-state index in [9.17, 15) is 4.79 Å². The van der Waals surface area contributed by atoms with Gasteiger partial charge in [0.25, 0.3) is 0 Å². The largest absolute Gasteiger partial charge is 0.497 e. The quantitative estimate of drug-likeness (QED) is 0.465. The van der Waals surface area contributed by atoms with Crippen LogP contribution in [0.1, 0.15) is 30.0 Å². The number of hydrogen-bond donors (Lipinski definition) is 1. The molecule has 5 rings (SSSR count). The molecule has 6 nitrogen and oxygen atoms in total. The molecule has 0 radical (unpaired) electrons. The Morgan fingerprint density at radius 1 is 1.26 bits per heavy atom. The van der Waals surface area contributed by atoms with Gasteiger partial charge in [-0.3, -0.25) is 9.20 Å². The molecule has 0 unspecified atom stereocenters. The van der Waals surface area contributed by atoms with Crippen LogP contribution in [0.2, 0.25) is 5.15 Å². The molecule has 1 amide bonds. The molecule has 1 aromatic carbocycles. The minimum Gasteiger partial charge on any atom is -0.497 e. The lowest BCUT2D eigenvalue weighted by atomic mass is 9.89. The number of ether oxygens (including phenoxy) is 1. The maximum Gasteiger partial charge on any atom is 0.246 e. The van der Waals surface area contributed by atoms with Gasteiger partial charge in [0.15, 0.2) is 5.15 Å². The third kappa shape index (κ3) is 3.68. The first-order valence-corrected chi connectivity index (χ1v) is 10.8. The van der Waals surface area contributed by atoms with Gasteiger partial charge < -0.3 is 14.6 Å². The molecule has 158 valence electrons. The number of nitrogens with zero attached hydrogens (tertiary/aromatic N) is 3. The molecule has 1 saturated heterocycles. The fourth-order valence-corrected chi connectivity index (χ4v) is 4.63. The number of hydrogen-bond acceptors (Lipinski definition) is 3. The van der Waals surface area contributed by atoms with E-state index < -0.39 is 0 Å². The highest BCUT2D eigenvalue weighted by molar-refractivity contribution is 6.31. The summed E-state index contributed by atoms with van der Waals surface area (Å²) in [6.07, 6.45) is 9.20. The van der Waals surface area contributed by atoms with Crippen molar-refractivity contribution >= 4 is 40.1 Å². The smallest absolute Gasteiger partial charge is 0.246 e. The molecular weight excluding hydrogens is 412 g/mol. The minimum atomic E-state index is 0.000920. The summed E-state index contributed by atoms with van der Waals surface area (Å²) in [4.78, 5) is 22.4. The summed E-state index contributed by atoms with van der Waals surface area (Å²) in [5, 5.41) is 1.59. The number of aromatic amines is 1. The summed E-state index contributed by atoms with van der Waals surface area (Å²) >= 11 is 6.26. The predicted molar refractivity (Wildman–Crippen MR) is 123 cm³/mol. The van der Waals surface area contributed by atoms with Gasteiger partial charge in [0.1, 0.15) is 11.4 Å². The Morgan fingerprint density at radius 2 is 2.10 bits per heavy atom. The number of imidazole rings is 1. The van der Waals surface area contributed by atoms with E-state index >= 15 is 0 Å². The van der Waals surface area contributed by atoms with Crippen molar-refractivity contribution in [1.82, 2.24) is 19.3 Å². The number of H-pyrrole nitrogens is 1. The third-order valence-electron chi connectivity index (χ3n) is 6.07. The zero-order chi connectivity index (χ0) is 21.4. The topological polar surface area (TPSA) is 62.6 Å². The van der Waals surface area contributed by atoms with E-state index in [-0.39, 0.29) is 5.91 Å². The lowest BCUT2D eigenvalue weighted by Crippen LogP contribution is -2.36. The maximum absolute atomic E-state index is 12.8. The first kappa shape index (κ1) is 19.7. The van der Waals surface area contributed by atoms with Gasteiger partial charge in [0.05, 0.1) is 12.8 Å². The van der Waals surface area contributed by atoms with Crippen molar-refractivity contribution in [2.45, 2.75) is 18.8 Å². The summed E-state index contributed by atoms with van der Waals surface area (Å²) in [6.45, 7) is 1.46. The summed E-state index contributed by atoms with van der Waals surface area (Å²) in [5.41, 5.74) is 3.89. The molecule has 1 aliphatic rings. The molecule has 0 aliphatic carbocycles. The summed E-state index contributed by atoms with van der Waals surface area (Å²) in [5.74, 6) is 1.28. The highest BCUT2D eigenvalue weighted by Gasteiger charge is 2.25. The normalized spacial score (nSPS) is 15.4. The van der Waals surface area contributed by atoms with Crippen LogP contribution >= 0.6 is 11.6 Å². The summed E-state index contributed by atoms with van der Waals surface area (Å²) < 4.78 is 7.26. The van der Waals surface area contributed by atoms with Gasteiger partial charge in [0.2, 0.25) is 5.91 Å². The number of halogens is 1. The van der Waals surface area contributed by atoms with Gasteiger partial charge in [-0.05, 0) is 60.7 Å². The van der Waals surface area contributed by atoms with Crippen LogP contribution in [0.3, 0.4) is 0 Å². The number of methoxy groups -OCH3 is 1. The van der Waals surface area contributed by atoms with Gasteiger partial charge in [-0.2, -0.15) is 0 Å². The summed E-state index contributed by atoms with van der Waals surface area (Å²) in [6, 6.07) is 11.8. The fourth-order valence-electron chi connectivity index (χ4n) is 4.39. The second-order valence-corrected chi connectivity index (χ2v) is 8.16. The van der Waals surface area contributed by atoms with E-state index in [1.807, 2.05) is 45.8 Å². The first-order chi connectivity index (χ1) is 15.1. The molecule has 1 aliphatic heterocycles. The lowest BCUT2D eigenvalue weighted by Gasteiger charge is -2.31. The van der Waals surface area contributed by atoms with Crippen LogP contribution in [0, 0.1) is 0 Å². The van der Waals surface area contributed by atoms with E-state index in [0.29, 0.717) is 16.8 Å². The van der Waals surface area contributed by atoms with Crippen LogP contribution in [0.15, 0.2) is 54.9 Å². The number of pyridine rings is 1. The Morgan fingerprint density at radius 3 is 2.90 bits per heavy atom. The number of benzene rings is 1. The van der Waals surface area contributed by atoms with Gasteiger partial charge in [-0.1, -0.05) is 17.7 Å².